The maximum atomic E-state index is 5.31. The van der Waals surface area contributed by atoms with Gasteiger partial charge in [0.1, 0.15) is 0 Å². The number of hydrogen-bond donors (Lipinski definition) is 1. The van der Waals surface area contributed by atoms with Crippen LogP contribution >= 0.6 is 0 Å². The second kappa shape index (κ2) is 8.23. The van der Waals surface area contributed by atoms with E-state index in [1.165, 1.54) is 38.8 Å². The molecule has 0 amide bonds. The average molecular weight is 270 g/mol. The summed E-state index contributed by atoms with van der Waals surface area (Å²) in [6.07, 6.45) is 5.23. The molecule has 1 saturated heterocycles. The Kier molecular flexibility index (Phi) is 7.33. The van der Waals surface area contributed by atoms with Crippen molar-refractivity contribution in [3.8, 4) is 0 Å². The van der Waals surface area contributed by atoms with Crippen LogP contribution < -0.4 is 5.32 Å². The molecular weight excluding hydrogens is 236 g/mol. The third-order valence-corrected chi connectivity index (χ3v) is 4.03. The minimum absolute atomic E-state index is 0.248. The highest BCUT2D eigenvalue weighted by Gasteiger charge is 2.23. The lowest BCUT2D eigenvalue weighted by molar-refractivity contribution is 0.0696. The molecule has 0 saturated carbocycles. The van der Waals surface area contributed by atoms with Crippen molar-refractivity contribution < 1.29 is 4.74 Å². The standard InChI is InChI=1S/C16H34N2O/c1-14(8-6-10-17-16(2,3)4)18-11-7-9-15(12-18)13-19-5/h14-15,17H,6-13H2,1-5H3. The number of ether oxygens (including phenoxy) is 1. The van der Waals surface area contributed by atoms with Crippen LogP contribution in [0, 0.1) is 5.92 Å². The Morgan fingerprint density at radius 2 is 2.11 bits per heavy atom. The fraction of sp³-hybridized carbons (Fsp3) is 1.00. The van der Waals surface area contributed by atoms with Crippen molar-refractivity contribution in [2.75, 3.05) is 33.4 Å². The number of methoxy groups -OCH3 is 1. The molecule has 0 aliphatic carbocycles. The third kappa shape index (κ3) is 7.28. The molecule has 3 nitrogen and oxygen atoms in total. The molecule has 1 aliphatic rings. The highest BCUT2D eigenvalue weighted by atomic mass is 16.5. The molecule has 0 aromatic heterocycles. The van der Waals surface area contributed by atoms with E-state index in [1.807, 2.05) is 7.11 Å². The number of nitrogens with one attached hydrogen (secondary N) is 1. The van der Waals surface area contributed by atoms with E-state index in [2.05, 4.69) is 37.9 Å². The van der Waals surface area contributed by atoms with Crippen molar-refractivity contribution in [2.24, 2.45) is 5.92 Å². The van der Waals surface area contributed by atoms with Gasteiger partial charge >= 0.3 is 0 Å². The summed E-state index contributed by atoms with van der Waals surface area (Å²) in [7, 11) is 1.82. The number of hydrogen-bond acceptors (Lipinski definition) is 3. The lowest BCUT2D eigenvalue weighted by Crippen LogP contribution is -2.43. The van der Waals surface area contributed by atoms with Gasteiger partial charge in [0.05, 0.1) is 6.61 Å². The number of nitrogens with zero attached hydrogens (tertiary/aromatic N) is 1. The minimum atomic E-state index is 0.248. The first-order valence-electron chi connectivity index (χ1n) is 7.90. The maximum absolute atomic E-state index is 5.31. The number of piperidine rings is 1. The molecule has 1 N–H and O–H groups in total. The Morgan fingerprint density at radius 1 is 1.37 bits per heavy atom. The van der Waals surface area contributed by atoms with Crippen LogP contribution in [0.1, 0.15) is 53.4 Å². The van der Waals surface area contributed by atoms with Crippen LogP contribution in [-0.2, 0) is 4.74 Å². The van der Waals surface area contributed by atoms with Gasteiger partial charge in [0.15, 0.2) is 0 Å². The summed E-state index contributed by atoms with van der Waals surface area (Å²) in [6.45, 7) is 13.6. The van der Waals surface area contributed by atoms with Crippen molar-refractivity contribution in [3.05, 3.63) is 0 Å². The second-order valence-corrected chi connectivity index (χ2v) is 7.13. The molecule has 2 atom stereocenters. The van der Waals surface area contributed by atoms with E-state index in [4.69, 9.17) is 4.74 Å². The largest absolute Gasteiger partial charge is 0.384 e. The first-order chi connectivity index (χ1) is 8.92. The number of likely N-dealkylation sites (tertiary alicyclic amines) is 1. The molecule has 1 heterocycles. The van der Waals surface area contributed by atoms with Gasteiger partial charge in [-0.1, -0.05) is 0 Å². The minimum Gasteiger partial charge on any atom is -0.384 e. The van der Waals surface area contributed by atoms with Crippen molar-refractivity contribution >= 4 is 0 Å². The molecule has 1 rings (SSSR count). The zero-order chi connectivity index (χ0) is 14.3. The lowest BCUT2D eigenvalue weighted by Gasteiger charge is -2.36. The Labute approximate surface area is 120 Å². The van der Waals surface area contributed by atoms with E-state index in [0.717, 1.165) is 19.1 Å². The van der Waals surface area contributed by atoms with Crippen LogP contribution in [0.4, 0.5) is 0 Å². The zero-order valence-electron chi connectivity index (χ0n) is 13.7. The van der Waals surface area contributed by atoms with E-state index in [9.17, 15) is 0 Å². The highest BCUT2D eigenvalue weighted by Crippen LogP contribution is 2.20. The molecule has 1 fully saturated rings. The van der Waals surface area contributed by atoms with Crippen molar-refractivity contribution in [2.45, 2.75) is 65.0 Å². The summed E-state index contributed by atoms with van der Waals surface area (Å²) in [6, 6.07) is 0.710. The molecule has 0 radical (unpaired) electrons. The summed E-state index contributed by atoms with van der Waals surface area (Å²) in [4.78, 5) is 2.66. The third-order valence-electron chi connectivity index (χ3n) is 4.03. The fourth-order valence-electron chi connectivity index (χ4n) is 2.91. The molecule has 0 aromatic rings. The Balaban J connectivity index is 2.19. The number of rotatable bonds is 7. The molecule has 19 heavy (non-hydrogen) atoms. The SMILES string of the molecule is COCC1CCCN(C(C)CCCNC(C)(C)C)C1. The molecule has 2 unspecified atom stereocenters. The van der Waals surface area contributed by atoms with Crippen LogP contribution in [0.2, 0.25) is 0 Å². The van der Waals surface area contributed by atoms with Crippen molar-refractivity contribution in [1.29, 1.82) is 0 Å². The predicted octanol–water partition coefficient (Wildman–Crippen LogP) is 2.90. The molecule has 1 aliphatic heterocycles. The van der Waals surface area contributed by atoms with Gasteiger partial charge in [-0.2, -0.15) is 0 Å². The topological polar surface area (TPSA) is 24.5 Å². The summed E-state index contributed by atoms with van der Waals surface area (Å²) in [5.41, 5.74) is 0.248. The summed E-state index contributed by atoms with van der Waals surface area (Å²) >= 11 is 0. The van der Waals surface area contributed by atoms with E-state index in [0.29, 0.717) is 6.04 Å². The quantitative estimate of drug-likeness (QED) is 0.720. The molecule has 114 valence electrons. The van der Waals surface area contributed by atoms with Crippen LogP contribution in [0.25, 0.3) is 0 Å². The Hall–Kier alpha value is -0.120. The van der Waals surface area contributed by atoms with Crippen LogP contribution in [0.5, 0.6) is 0 Å². The van der Waals surface area contributed by atoms with E-state index < -0.39 is 0 Å². The summed E-state index contributed by atoms with van der Waals surface area (Å²) < 4.78 is 5.31. The van der Waals surface area contributed by atoms with E-state index in [1.54, 1.807) is 0 Å². The van der Waals surface area contributed by atoms with Crippen molar-refractivity contribution in [1.82, 2.24) is 10.2 Å². The van der Waals surface area contributed by atoms with Gasteiger partial charge in [0.2, 0.25) is 0 Å². The van der Waals surface area contributed by atoms with Crippen molar-refractivity contribution in [3.63, 3.8) is 0 Å². The monoisotopic (exact) mass is 270 g/mol. The van der Waals surface area contributed by atoms with Gasteiger partial charge in [-0.05, 0) is 72.4 Å². The van der Waals surface area contributed by atoms with Gasteiger partial charge in [-0.3, -0.25) is 0 Å². The van der Waals surface area contributed by atoms with Crippen LogP contribution in [-0.4, -0.2) is 49.8 Å². The molecular formula is C16H34N2O. The first kappa shape index (κ1) is 16.9. The molecule has 0 bridgehead atoms. The zero-order valence-corrected chi connectivity index (χ0v) is 13.7. The summed E-state index contributed by atoms with van der Waals surface area (Å²) in [5, 5.41) is 3.57. The predicted molar refractivity (Wildman–Crippen MR) is 82.6 cm³/mol. The van der Waals surface area contributed by atoms with Crippen LogP contribution in [0.15, 0.2) is 0 Å². The second-order valence-electron chi connectivity index (χ2n) is 7.13. The van der Waals surface area contributed by atoms with Gasteiger partial charge in [-0.15, -0.1) is 0 Å². The molecule has 3 heteroatoms. The smallest absolute Gasteiger partial charge is 0.0502 e. The Bertz CT molecular complexity index is 235. The van der Waals surface area contributed by atoms with E-state index in [-0.39, 0.29) is 5.54 Å². The van der Waals surface area contributed by atoms with Gasteiger partial charge in [0.25, 0.3) is 0 Å². The highest BCUT2D eigenvalue weighted by molar-refractivity contribution is 4.77. The summed E-state index contributed by atoms with van der Waals surface area (Å²) in [5.74, 6) is 0.744. The van der Waals surface area contributed by atoms with Crippen LogP contribution in [0.3, 0.4) is 0 Å². The Morgan fingerprint density at radius 3 is 2.74 bits per heavy atom. The van der Waals surface area contributed by atoms with Gasteiger partial charge in [0, 0.05) is 25.2 Å². The van der Waals surface area contributed by atoms with Gasteiger partial charge in [-0.25, -0.2) is 0 Å². The van der Waals surface area contributed by atoms with Gasteiger partial charge < -0.3 is 15.0 Å². The molecule has 0 spiro atoms. The molecule has 0 aromatic carbocycles. The maximum Gasteiger partial charge on any atom is 0.0502 e. The normalized spacial score (nSPS) is 23.5. The average Bonchev–Trinajstić information content (AvgIpc) is 2.34. The van der Waals surface area contributed by atoms with E-state index >= 15 is 0 Å². The lowest BCUT2D eigenvalue weighted by atomic mass is 9.96. The fourth-order valence-corrected chi connectivity index (χ4v) is 2.91. The first-order valence-corrected chi connectivity index (χ1v) is 7.90.